The number of nitrogens with zero attached hydrogens (tertiary/aromatic N) is 2. The molecule has 0 atom stereocenters. The number of hydrogen-bond donors (Lipinski definition) is 1. The third-order valence-corrected chi connectivity index (χ3v) is 3.42. The Bertz CT molecular complexity index is 611. The van der Waals surface area contributed by atoms with Crippen LogP contribution in [0.25, 0.3) is 0 Å². The highest BCUT2D eigenvalue weighted by atomic mass is 19.1. The van der Waals surface area contributed by atoms with Crippen molar-refractivity contribution >= 4 is 5.82 Å². The second-order valence-electron chi connectivity index (χ2n) is 5.60. The maximum Gasteiger partial charge on any atom is 0.129 e. The summed E-state index contributed by atoms with van der Waals surface area (Å²) in [6.45, 7) is 5.32. The summed E-state index contributed by atoms with van der Waals surface area (Å²) >= 11 is 0. The van der Waals surface area contributed by atoms with Gasteiger partial charge in [0.25, 0.3) is 0 Å². The molecule has 0 bridgehead atoms. The number of benzene rings is 1. The molecule has 4 heteroatoms. The van der Waals surface area contributed by atoms with Gasteiger partial charge in [0.05, 0.1) is 0 Å². The number of pyridine rings is 1. The molecule has 2 rings (SSSR count). The van der Waals surface area contributed by atoms with Gasteiger partial charge >= 0.3 is 0 Å². The lowest BCUT2D eigenvalue weighted by atomic mass is 10.1. The third kappa shape index (κ3) is 4.02. The summed E-state index contributed by atoms with van der Waals surface area (Å²) in [5.74, 6) is 0.996. The van der Waals surface area contributed by atoms with E-state index in [1.165, 1.54) is 6.07 Å². The number of hydrogen-bond acceptors (Lipinski definition) is 3. The molecular weight excluding hydrogens is 265 g/mol. The van der Waals surface area contributed by atoms with Gasteiger partial charge in [-0.05, 0) is 41.3 Å². The zero-order valence-electron chi connectivity index (χ0n) is 12.8. The minimum Gasteiger partial charge on any atom is -0.355 e. The Kier molecular flexibility index (Phi) is 4.91. The Balaban J connectivity index is 2.25. The molecular formula is C17H22FN3. The zero-order chi connectivity index (χ0) is 15.4. The molecule has 3 nitrogen and oxygen atoms in total. The van der Waals surface area contributed by atoms with Gasteiger partial charge in [-0.25, -0.2) is 9.37 Å². The maximum absolute atomic E-state index is 13.3. The molecule has 0 aliphatic carbocycles. The van der Waals surface area contributed by atoms with Crippen molar-refractivity contribution in [3.05, 3.63) is 59.0 Å². The molecule has 112 valence electrons. The summed E-state index contributed by atoms with van der Waals surface area (Å²) in [6, 6.07) is 10.7. The average molecular weight is 287 g/mol. The van der Waals surface area contributed by atoms with Gasteiger partial charge in [-0.2, -0.15) is 0 Å². The Morgan fingerprint density at radius 2 is 1.95 bits per heavy atom. The van der Waals surface area contributed by atoms with Crippen molar-refractivity contribution in [3.63, 3.8) is 0 Å². The monoisotopic (exact) mass is 287 g/mol. The number of aromatic nitrogens is 1. The van der Waals surface area contributed by atoms with Crippen LogP contribution in [0.1, 0.15) is 36.6 Å². The second kappa shape index (κ2) is 6.68. The average Bonchev–Trinajstić information content (AvgIpc) is 2.46. The van der Waals surface area contributed by atoms with E-state index in [4.69, 9.17) is 5.73 Å². The molecule has 0 aliphatic rings. The summed E-state index contributed by atoms with van der Waals surface area (Å²) < 4.78 is 13.3. The van der Waals surface area contributed by atoms with E-state index in [1.807, 2.05) is 30.1 Å². The van der Waals surface area contributed by atoms with E-state index in [9.17, 15) is 4.39 Å². The number of rotatable bonds is 5. The highest BCUT2D eigenvalue weighted by molar-refractivity contribution is 5.43. The van der Waals surface area contributed by atoms with Gasteiger partial charge in [0.15, 0.2) is 0 Å². The molecule has 21 heavy (non-hydrogen) atoms. The van der Waals surface area contributed by atoms with Gasteiger partial charge in [0.2, 0.25) is 0 Å². The lowest BCUT2D eigenvalue weighted by Crippen LogP contribution is -2.19. The Labute approximate surface area is 125 Å². The minimum absolute atomic E-state index is 0.215. The fourth-order valence-electron chi connectivity index (χ4n) is 2.19. The van der Waals surface area contributed by atoms with Crippen LogP contribution in [0.5, 0.6) is 0 Å². The SMILES string of the molecule is CC(C)c1cc(CN)cc(N(C)Cc2cccc(F)c2)n1. The number of anilines is 1. The smallest absolute Gasteiger partial charge is 0.129 e. The van der Waals surface area contributed by atoms with E-state index >= 15 is 0 Å². The third-order valence-electron chi connectivity index (χ3n) is 3.42. The van der Waals surface area contributed by atoms with Crippen molar-refractivity contribution in [2.75, 3.05) is 11.9 Å². The van der Waals surface area contributed by atoms with E-state index in [2.05, 4.69) is 18.8 Å². The number of nitrogens with two attached hydrogens (primary N) is 1. The molecule has 0 unspecified atom stereocenters. The lowest BCUT2D eigenvalue weighted by Gasteiger charge is -2.21. The van der Waals surface area contributed by atoms with Crippen LogP contribution >= 0.6 is 0 Å². The zero-order valence-corrected chi connectivity index (χ0v) is 12.8. The van der Waals surface area contributed by atoms with Crippen LogP contribution < -0.4 is 10.6 Å². The van der Waals surface area contributed by atoms with E-state index in [0.29, 0.717) is 19.0 Å². The summed E-state index contributed by atoms with van der Waals surface area (Å²) in [4.78, 5) is 6.69. The number of halogens is 1. The van der Waals surface area contributed by atoms with Gasteiger partial charge < -0.3 is 10.6 Å². The molecule has 0 amide bonds. The molecule has 0 saturated carbocycles. The quantitative estimate of drug-likeness (QED) is 0.916. The molecule has 2 N–H and O–H groups in total. The van der Waals surface area contributed by atoms with Crippen molar-refractivity contribution in [2.45, 2.75) is 32.9 Å². The van der Waals surface area contributed by atoms with Gasteiger partial charge in [0, 0.05) is 25.8 Å². The van der Waals surface area contributed by atoms with Crippen molar-refractivity contribution in [3.8, 4) is 0 Å². The standard InChI is InChI=1S/C17H22FN3/c1-12(2)16-8-14(10-19)9-17(20-16)21(3)11-13-5-4-6-15(18)7-13/h4-9,12H,10-11,19H2,1-3H3. The van der Waals surface area contributed by atoms with Crippen LogP contribution in [0.2, 0.25) is 0 Å². The Morgan fingerprint density at radius 1 is 1.19 bits per heavy atom. The predicted molar refractivity (Wildman–Crippen MR) is 84.7 cm³/mol. The molecule has 1 aromatic heterocycles. The minimum atomic E-state index is -0.215. The lowest BCUT2D eigenvalue weighted by molar-refractivity contribution is 0.625. The first-order valence-corrected chi connectivity index (χ1v) is 7.16. The van der Waals surface area contributed by atoms with E-state index in [-0.39, 0.29) is 5.82 Å². The van der Waals surface area contributed by atoms with E-state index in [1.54, 1.807) is 12.1 Å². The first kappa shape index (κ1) is 15.4. The van der Waals surface area contributed by atoms with Crippen molar-refractivity contribution in [1.82, 2.24) is 4.98 Å². The van der Waals surface area contributed by atoms with Gasteiger partial charge in [-0.1, -0.05) is 26.0 Å². The second-order valence-corrected chi connectivity index (χ2v) is 5.60. The molecule has 0 spiro atoms. The highest BCUT2D eigenvalue weighted by Gasteiger charge is 2.10. The Hall–Kier alpha value is -1.94. The van der Waals surface area contributed by atoms with Gasteiger partial charge in [-0.3, -0.25) is 0 Å². The summed E-state index contributed by atoms with van der Waals surface area (Å²) in [7, 11) is 1.96. The topological polar surface area (TPSA) is 42.1 Å². The molecule has 0 saturated heterocycles. The van der Waals surface area contributed by atoms with E-state index < -0.39 is 0 Å². The molecule has 1 aromatic carbocycles. The molecule has 1 heterocycles. The Morgan fingerprint density at radius 3 is 2.57 bits per heavy atom. The summed E-state index contributed by atoms with van der Waals surface area (Å²) in [5, 5.41) is 0. The van der Waals surface area contributed by atoms with Gasteiger partial charge in [-0.15, -0.1) is 0 Å². The fourth-order valence-corrected chi connectivity index (χ4v) is 2.19. The predicted octanol–water partition coefficient (Wildman–Crippen LogP) is 3.44. The van der Waals surface area contributed by atoms with Crippen molar-refractivity contribution < 1.29 is 4.39 Å². The van der Waals surface area contributed by atoms with Crippen molar-refractivity contribution in [1.29, 1.82) is 0 Å². The normalized spacial score (nSPS) is 11.0. The largest absolute Gasteiger partial charge is 0.355 e. The maximum atomic E-state index is 13.3. The van der Waals surface area contributed by atoms with Crippen LogP contribution in [0.3, 0.4) is 0 Å². The first-order chi connectivity index (χ1) is 9.99. The summed E-state index contributed by atoms with van der Waals surface area (Å²) in [5.41, 5.74) is 8.78. The van der Waals surface area contributed by atoms with Crippen LogP contribution in [0, 0.1) is 5.82 Å². The van der Waals surface area contributed by atoms with Crippen LogP contribution in [-0.4, -0.2) is 12.0 Å². The molecule has 0 aliphatic heterocycles. The first-order valence-electron chi connectivity index (χ1n) is 7.16. The van der Waals surface area contributed by atoms with Gasteiger partial charge in [0.1, 0.15) is 11.6 Å². The fraction of sp³-hybridized carbons (Fsp3) is 0.353. The highest BCUT2D eigenvalue weighted by Crippen LogP contribution is 2.21. The van der Waals surface area contributed by atoms with Crippen LogP contribution in [0.15, 0.2) is 36.4 Å². The molecule has 0 radical (unpaired) electrons. The van der Waals surface area contributed by atoms with Crippen LogP contribution in [-0.2, 0) is 13.1 Å². The van der Waals surface area contributed by atoms with E-state index in [0.717, 1.165) is 22.6 Å². The molecule has 0 fully saturated rings. The summed E-state index contributed by atoms with van der Waals surface area (Å²) in [6.07, 6.45) is 0. The molecule has 2 aromatic rings. The van der Waals surface area contributed by atoms with Crippen molar-refractivity contribution in [2.24, 2.45) is 5.73 Å². The van der Waals surface area contributed by atoms with Crippen LogP contribution in [0.4, 0.5) is 10.2 Å².